The number of carbonyl (C=O) groups is 1. The molecule has 0 radical (unpaired) electrons. The first-order valence-corrected chi connectivity index (χ1v) is 9.12. The van der Waals surface area contributed by atoms with Crippen molar-refractivity contribution in [2.24, 2.45) is 0 Å². The fraction of sp³-hybridized carbons (Fsp3) is 0.263. The van der Waals surface area contributed by atoms with Crippen LogP contribution in [0.15, 0.2) is 40.9 Å². The van der Waals surface area contributed by atoms with E-state index in [0.717, 1.165) is 4.47 Å². The maximum absolute atomic E-state index is 12.9. The van der Waals surface area contributed by atoms with Crippen molar-refractivity contribution in [3.8, 4) is 17.1 Å². The number of imidazole rings is 1. The van der Waals surface area contributed by atoms with Crippen molar-refractivity contribution in [1.82, 2.24) is 9.55 Å². The highest BCUT2D eigenvalue weighted by molar-refractivity contribution is 9.10. The summed E-state index contributed by atoms with van der Waals surface area (Å²) in [5, 5.41) is 0.486. The molecule has 0 aliphatic heterocycles. The van der Waals surface area contributed by atoms with E-state index in [1.54, 1.807) is 31.4 Å². The Morgan fingerprint density at radius 1 is 1.19 bits per heavy atom. The fourth-order valence-electron chi connectivity index (χ4n) is 2.53. The van der Waals surface area contributed by atoms with Gasteiger partial charge in [0.2, 0.25) is 0 Å². The van der Waals surface area contributed by atoms with E-state index >= 15 is 0 Å². The molecule has 0 saturated carbocycles. The lowest BCUT2D eigenvalue weighted by Crippen LogP contribution is -2.27. The van der Waals surface area contributed by atoms with Crippen LogP contribution >= 0.6 is 27.5 Å². The molecule has 0 fully saturated rings. The van der Waals surface area contributed by atoms with E-state index in [9.17, 15) is 4.79 Å². The van der Waals surface area contributed by atoms with Gasteiger partial charge in [0.1, 0.15) is 11.4 Å². The molecule has 0 bridgehead atoms. The molecule has 1 aromatic heterocycles. The Bertz CT molecular complexity index is 992. The van der Waals surface area contributed by atoms with E-state index in [0.29, 0.717) is 33.2 Å². The number of carbonyl (C=O) groups excluding carboxylic acids is 1. The summed E-state index contributed by atoms with van der Waals surface area (Å²) in [6.45, 7) is 5.45. The van der Waals surface area contributed by atoms with Crippen LogP contribution < -0.4 is 4.74 Å². The number of hydrogen-bond acceptors (Lipinski definition) is 4. The molecule has 7 heteroatoms. The molecule has 2 aromatic carbocycles. The predicted molar refractivity (Wildman–Crippen MR) is 106 cm³/mol. The minimum Gasteiger partial charge on any atom is -0.497 e. The van der Waals surface area contributed by atoms with Crippen LogP contribution in [0.4, 0.5) is 4.79 Å². The van der Waals surface area contributed by atoms with Crippen LogP contribution in [0.5, 0.6) is 5.75 Å². The van der Waals surface area contributed by atoms with Crippen LogP contribution in [-0.2, 0) is 4.74 Å². The maximum atomic E-state index is 12.9. The summed E-state index contributed by atoms with van der Waals surface area (Å²) in [6.07, 6.45) is -0.517. The van der Waals surface area contributed by atoms with Crippen LogP contribution in [-0.4, -0.2) is 28.4 Å². The number of ether oxygens (including phenoxy) is 2. The zero-order valence-electron chi connectivity index (χ0n) is 14.8. The van der Waals surface area contributed by atoms with Gasteiger partial charge in [0.15, 0.2) is 5.82 Å². The molecule has 0 spiro atoms. The Morgan fingerprint density at radius 2 is 1.92 bits per heavy atom. The highest BCUT2D eigenvalue weighted by Gasteiger charge is 2.25. The number of methoxy groups -OCH3 is 1. The molecular weight excluding hydrogens is 420 g/mol. The Balaban J connectivity index is 2.28. The van der Waals surface area contributed by atoms with Crippen LogP contribution in [0.25, 0.3) is 22.4 Å². The number of hydrogen-bond donors (Lipinski definition) is 0. The van der Waals surface area contributed by atoms with Gasteiger partial charge < -0.3 is 9.47 Å². The van der Waals surface area contributed by atoms with Gasteiger partial charge >= 0.3 is 6.09 Å². The second-order valence-electron chi connectivity index (χ2n) is 6.73. The average molecular weight is 438 g/mol. The first-order valence-electron chi connectivity index (χ1n) is 7.95. The van der Waals surface area contributed by atoms with E-state index in [4.69, 9.17) is 21.1 Å². The summed E-state index contributed by atoms with van der Waals surface area (Å²) in [5.74, 6) is 1.06. The second-order valence-corrected chi connectivity index (χ2v) is 8.05. The number of rotatable bonds is 2. The molecule has 0 amide bonds. The molecule has 136 valence electrons. The zero-order valence-corrected chi connectivity index (χ0v) is 17.2. The Hall–Kier alpha value is -2.05. The van der Waals surface area contributed by atoms with Crippen molar-refractivity contribution < 1.29 is 14.3 Å². The minimum absolute atomic E-state index is 0.411. The van der Waals surface area contributed by atoms with Crippen molar-refractivity contribution in [2.45, 2.75) is 26.4 Å². The highest BCUT2D eigenvalue weighted by Crippen LogP contribution is 2.34. The van der Waals surface area contributed by atoms with Crippen molar-refractivity contribution >= 4 is 44.7 Å². The van der Waals surface area contributed by atoms with Crippen molar-refractivity contribution in [1.29, 1.82) is 0 Å². The average Bonchev–Trinajstić information content (AvgIpc) is 2.93. The van der Waals surface area contributed by atoms with Crippen molar-refractivity contribution in [3.63, 3.8) is 0 Å². The molecule has 0 N–H and O–H groups in total. The van der Waals surface area contributed by atoms with Crippen LogP contribution in [0.3, 0.4) is 0 Å². The Labute approximate surface area is 165 Å². The normalized spacial score (nSPS) is 11.6. The van der Waals surface area contributed by atoms with E-state index in [1.165, 1.54) is 4.57 Å². The van der Waals surface area contributed by atoms with Gasteiger partial charge in [-0.05, 0) is 51.1 Å². The summed E-state index contributed by atoms with van der Waals surface area (Å²) >= 11 is 9.81. The Morgan fingerprint density at radius 3 is 2.58 bits per heavy atom. The summed E-state index contributed by atoms with van der Waals surface area (Å²) < 4.78 is 13.1. The molecule has 5 nitrogen and oxygen atoms in total. The van der Waals surface area contributed by atoms with E-state index in [-0.39, 0.29) is 0 Å². The molecule has 0 atom stereocenters. The lowest BCUT2D eigenvalue weighted by atomic mass is 10.2. The van der Waals surface area contributed by atoms with Crippen molar-refractivity contribution in [2.75, 3.05) is 7.11 Å². The van der Waals surface area contributed by atoms with E-state index in [2.05, 4.69) is 20.9 Å². The van der Waals surface area contributed by atoms with Gasteiger partial charge in [0.05, 0.1) is 23.2 Å². The summed E-state index contributed by atoms with van der Waals surface area (Å²) in [6, 6.07) is 10.7. The molecule has 0 unspecified atom stereocenters. The van der Waals surface area contributed by atoms with Gasteiger partial charge in [-0.15, -0.1) is 0 Å². The zero-order chi connectivity index (χ0) is 19.1. The van der Waals surface area contributed by atoms with Gasteiger partial charge in [0, 0.05) is 16.1 Å². The smallest absolute Gasteiger partial charge is 0.420 e. The van der Waals surface area contributed by atoms with Crippen LogP contribution in [0.2, 0.25) is 5.02 Å². The summed E-state index contributed by atoms with van der Waals surface area (Å²) in [7, 11) is 1.58. The lowest BCUT2D eigenvalue weighted by molar-refractivity contribution is 0.0546. The molecule has 1 heterocycles. The molecule has 3 rings (SSSR count). The van der Waals surface area contributed by atoms with Gasteiger partial charge in [0.25, 0.3) is 0 Å². The minimum atomic E-state index is -0.640. The second kappa shape index (κ2) is 6.93. The molecule has 3 aromatic rings. The molecule has 0 saturated heterocycles. The lowest BCUT2D eigenvalue weighted by Gasteiger charge is -2.20. The number of halogens is 2. The third-order valence-electron chi connectivity index (χ3n) is 3.61. The van der Waals surface area contributed by atoms with Crippen molar-refractivity contribution in [3.05, 3.63) is 45.9 Å². The molecular formula is C19H18BrClN2O3. The number of nitrogens with zero attached hydrogens (tertiary/aromatic N) is 2. The predicted octanol–water partition coefficient (Wildman–Crippen LogP) is 5.91. The summed E-state index contributed by atoms with van der Waals surface area (Å²) in [4.78, 5) is 17.5. The SMILES string of the molecule is COc1ccc2c(c1)nc(-c1cc(Br)ccc1Cl)n2C(=O)OC(C)(C)C. The quantitative estimate of drug-likeness (QED) is 0.500. The van der Waals surface area contributed by atoms with Gasteiger partial charge in [-0.2, -0.15) is 0 Å². The van der Waals surface area contributed by atoms with Gasteiger partial charge in [-0.25, -0.2) is 14.3 Å². The van der Waals surface area contributed by atoms with Gasteiger partial charge in [-0.1, -0.05) is 27.5 Å². The maximum Gasteiger partial charge on any atom is 0.420 e. The Kier molecular flexibility index (Phi) is 4.99. The van der Waals surface area contributed by atoms with E-state index < -0.39 is 11.7 Å². The van der Waals surface area contributed by atoms with Crippen LogP contribution in [0, 0.1) is 0 Å². The molecule has 26 heavy (non-hydrogen) atoms. The standard InChI is InChI=1S/C19H18BrClN2O3/c1-19(2,3)26-18(24)23-16-8-6-12(25-4)10-15(16)22-17(23)13-9-11(20)5-7-14(13)21/h5-10H,1-4H3. The third kappa shape index (κ3) is 3.71. The largest absolute Gasteiger partial charge is 0.497 e. The molecule has 0 aliphatic carbocycles. The molecule has 0 aliphatic rings. The topological polar surface area (TPSA) is 53.4 Å². The van der Waals surface area contributed by atoms with Crippen LogP contribution in [0.1, 0.15) is 20.8 Å². The monoisotopic (exact) mass is 436 g/mol. The first-order chi connectivity index (χ1) is 12.2. The highest BCUT2D eigenvalue weighted by atomic mass is 79.9. The third-order valence-corrected chi connectivity index (χ3v) is 4.43. The number of benzene rings is 2. The summed E-state index contributed by atoms with van der Waals surface area (Å²) in [5.41, 5.74) is 1.22. The van der Waals surface area contributed by atoms with E-state index in [1.807, 2.05) is 32.9 Å². The fourth-order valence-corrected chi connectivity index (χ4v) is 3.09. The van der Waals surface area contributed by atoms with Gasteiger partial charge in [-0.3, -0.25) is 0 Å². The first kappa shape index (κ1) is 18.7. The number of fused-ring (bicyclic) bond motifs is 1. The number of aromatic nitrogens is 2.